The normalized spacial score (nSPS) is 20.1. The number of halogens is 1. The minimum absolute atomic E-state index is 0.106. The summed E-state index contributed by atoms with van der Waals surface area (Å²) in [4.78, 5) is 21.8. The lowest BCUT2D eigenvalue weighted by molar-refractivity contribution is 0.0412. The van der Waals surface area contributed by atoms with Crippen molar-refractivity contribution in [3.63, 3.8) is 0 Å². The first kappa shape index (κ1) is 22.9. The SMILES string of the molecule is COC(CN1C[C@H](C)N(c2cc(=O)n(C)c3ccc(C#N)nc23)CC1C)c1ccc(F)cc1. The van der Waals surface area contributed by atoms with Gasteiger partial charge in [0.1, 0.15) is 23.1 Å². The van der Waals surface area contributed by atoms with E-state index in [0.717, 1.165) is 17.8 Å². The third-order valence-electron chi connectivity index (χ3n) is 6.53. The summed E-state index contributed by atoms with van der Waals surface area (Å²) in [5.41, 5.74) is 3.27. The van der Waals surface area contributed by atoms with Crippen LogP contribution in [-0.2, 0) is 11.8 Å². The summed E-state index contributed by atoms with van der Waals surface area (Å²) in [6.07, 6.45) is -0.170. The maximum absolute atomic E-state index is 13.3. The van der Waals surface area contributed by atoms with Crippen LogP contribution in [0, 0.1) is 17.1 Å². The Morgan fingerprint density at radius 3 is 2.58 bits per heavy atom. The number of benzene rings is 1. The summed E-state index contributed by atoms with van der Waals surface area (Å²) in [6, 6.07) is 13.8. The van der Waals surface area contributed by atoms with Crippen LogP contribution < -0.4 is 10.5 Å². The summed E-state index contributed by atoms with van der Waals surface area (Å²) in [5.74, 6) is -0.265. The molecule has 1 aliphatic heterocycles. The van der Waals surface area contributed by atoms with E-state index < -0.39 is 0 Å². The molecular formula is C25H28FN5O2. The molecule has 0 bridgehead atoms. The smallest absolute Gasteiger partial charge is 0.252 e. The monoisotopic (exact) mass is 449 g/mol. The third-order valence-corrected chi connectivity index (χ3v) is 6.53. The van der Waals surface area contributed by atoms with Gasteiger partial charge in [-0.25, -0.2) is 9.37 Å². The number of nitriles is 1. The van der Waals surface area contributed by atoms with Crippen molar-refractivity contribution in [2.75, 3.05) is 31.6 Å². The quantitative estimate of drug-likeness (QED) is 0.596. The standard InChI is InChI=1S/C25H28FN5O2/c1-16-14-31(22-11-24(32)29(3)21-10-9-20(12-27)28-25(21)22)17(2)13-30(16)15-23(33-4)18-5-7-19(26)8-6-18/h5-11,16-17,23H,13-15H2,1-4H3/t16?,17-,23?/m0/s1. The molecule has 8 heteroatoms. The van der Waals surface area contributed by atoms with E-state index in [9.17, 15) is 14.4 Å². The Morgan fingerprint density at radius 2 is 1.91 bits per heavy atom. The van der Waals surface area contributed by atoms with Crippen LogP contribution in [0.3, 0.4) is 0 Å². The van der Waals surface area contributed by atoms with Crippen LogP contribution >= 0.6 is 0 Å². The number of aryl methyl sites for hydroxylation is 1. The molecule has 1 saturated heterocycles. The predicted molar refractivity (Wildman–Crippen MR) is 126 cm³/mol. The number of piperazine rings is 1. The molecule has 3 heterocycles. The zero-order valence-electron chi connectivity index (χ0n) is 19.3. The van der Waals surface area contributed by atoms with Gasteiger partial charge in [0.05, 0.1) is 17.3 Å². The Morgan fingerprint density at radius 1 is 1.18 bits per heavy atom. The molecule has 3 atom stereocenters. The van der Waals surface area contributed by atoms with Gasteiger partial charge in [-0.2, -0.15) is 5.26 Å². The molecule has 0 spiro atoms. The molecule has 0 radical (unpaired) electrons. The van der Waals surface area contributed by atoms with Gasteiger partial charge in [0, 0.05) is 51.9 Å². The van der Waals surface area contributed by atoms with E-state index >= 15 is 0 Å². The summed E-state index contributed by atoms with van der Waals surface area (Å²) in [6.45, 7) is 6.40. The molecule has 0 aliphatic carbocycles. The summed E-state index contributed by atoms with van der Waals surface area (Å²) in [5, 5.41) is 9.33. The second-order valence-corrected chi connectivity index (χ2v) is 8.68. The molecule has 1 aliphatic rings. The van der Waals surface area contributed by atoms with Crippen molar-refractivity contribution < 1.29 is 9.13 Å². The fourth-order valence-electron chi connectivity index (χ4n) is 4.59. The Bertz CT molecular complexity index is 1250. The molecule has 2 unspecified atom stereocenters. The number of methoxy groups -OCH3 is 1. The molecule has 33 heavy (non-hydrogen) atoms. The molecule has 3 aromatic rings. The number of hydrogen-bond acceptors (Lipinski definition) is 6. The van der Waals surface area contributed by atoms with Crippen molar-refractivity contribution in [3.8, 4) is 6.07 Å². The number of nitrogens with zero attached hydrogens (tertiary/aromatic N) is 5. The Kier molecular flexibility index (Phi) is 6.45. The predicted octanol–water partition coefficient (Wildman–Crippen LogP) is 3.23. The average molecular weight is 450 g/mol. The van der Waals surface area contributed by atoms with Crippen molar-refractivity contribution in [1.29, 1.82) is 5.26 Å². The number of pyridine rings is 2. The molecule has 0 saturated carbocycles. The van der Waals surface area contributed by atoms with Crippen molar-refractivity contribution in [1.82, 2.24) is 14.5 Å². The molecule has 172 valence electrons. The van der Waals surface area contributed by atoms with Crippen molar-refractivity contribution >= 4 is 16.7 Å². The van der Waals surface area contributed by atoms with Crippen LogP contribution in [-0.4, -0.2) is 53.3 Å². The van der Waals surface area contributed by atoms with E-state index in [1.54, 1.807) is 49.1 Å². The summed E-state index contributed by atoms with van der Waals surface area (Å²) >= 11 is 0. The van der Waals surface area contributed by atoms with Crippen molar-refractivity contribution in [3.05, 3.63) is 69.9 Å². The van der Waals surface area contributed by atoms with Crippen LogP contribution in [0.4, 0.5) is 10.1 Å². The lowest BCUT2D eigenvalue weighted by Gasteiger charge is -2.46. The zero-order chi connectivity index (χ0) is 23.7. The van der Waals surface area contributed by atoms with Gasteiger partial charge in [-0.1, -0.05) is 12.1 Å². The third kappa shape index (κ3) is 4.47. The summed E-state index contributed by atoms with van der Waals surface area (Å²) < 4.78 is 20.6. The Balaban J connectivity index is 1.61. The van der Waals surface area contributed by atoms with E-state index in [0.29, 0.717) is 29.8 Å². The van der Waals surface area contributed by atoms with Gasteiger partial charge in [-0.3, -0.25) is 9.69 Å². The van der Waals surface area contributed by atoms with Crippen LogP contribution in [0.15, 0.2) is 47.3 Å². The second-order valence-electron chi connectivity index (χ2n) is 8.68. The van der Waals surface area contributed by atoms with E-state index in [2.05, 4.69) is 34.7 Å². The van der Waals surface area contributed by atoms with Gasteiger partial charge in [-0.15, -0.1) is 0 Å². The maximum atomic E-state index is 13.3. The van der Waals surface area contributed by atoms with Crippen molar-refractivity contribution in [2.24, 2.45) is 7.05 Å². The van der Waals surface area contributed by atoms with Gasteiger partial charge in [-0.05, 0) is 43.7 Å². The van der Waals surface area contributed by atoms with Crippen LogP contribution in [0.25, 0.3) is 11.0 Å². The van der Waals surface area contributed by atoms with E-state index in [-0.39, 0.29) is 29.6 Å². The van der Waals surface area contributed by atoms with Crippen LogP contribution in [0.1, 0.15) is 31.2 Å². The zero-order valence-corrected chi connectivity index (χ0v) is 19.3. The van der Waals surface area contributed by atoms with Crippen LogP contribution in [0.5, 0.6) is 0 Å². The molecule has 0 N–H and O–H groups in total. The molecule has 7 nitrogen and oxygen atoms in total. The number of fused-ring (bicyclic) bond motifs is 1. The molecular weight excluding hydrogens is 421 g/mol. The largest absolute Gasteiger partial charge is 0.375 e. The Labute approximate surface area is 192 Å². The van der Waals surface area contributed by atoms with E-state index in [4.69, 9.17) is 4.74 Å². The summed E-state index contributed by atoms with van der Waals surface area (Å²) in [7, 11) is 3.38. The topological polar surface area (TPSA) is 74.4 Å². The van der Waals surface area contributed by atoms with Crippen molar-refractivity contribution in [2.45, 2.75) is 32.0 Å². The fourth-order valence-corrected chi connectivity index (χ4v) is 4.59. The maximum Gasteiger partial charge on any atom is 0.252 e. The van der Waals surface area contributed by atoms with E-state index in [1.165, 1.54) is 12.1 Å². The lowest BCUT2D eigenvalue weighted by atomic mass is 10.0. The number of hydrogen-bond donors (Lipinski definition) is 0. The van der Waals surface area contributed by atoms with Gasteiger partial charge >= 0.3 is 0 Å². The second kappa shape index (κ2) is 9.30. The molecule has 0 amide bonds. The highest BCUT2D eigenvalue weighted by Crippen LogP contribution is 2.30. The van der Waals surface area contributed by atoms with Gasteiger partial charge < -0.3 is 14.2 Å². The number of ether oxygens (including phenoxy) is 1. The number of rotatable bonds is 5. The molecule has 4 rings (SSSR count). The molecule has 1 aromatic carbocycles. The number of anilines is 1. The highest BCUT2D eigenvalue weighted by Gasteiger charge is 2.32. The lowest BCUT2D eigenvalue weighted by Crippen LogP contribution is -2.57. The highest BCUT2D eigenvalue weighted by molar-refractivity contribution is 5.89. The van der Waals surface area contributed by atoms with Gasteiger partial charge in [0.25, 0.3) is 5.56 Å². The molecule has 1 fully saturated rings. The Hall–Kier alpha value is -3.28. The van der Waals surface area contributed by atoms with Gasteiger partial charge in [0.2, 0.25) is 0 Å². The van der Waals surface area contributed by atoms with E-state index in [1.807, 2.05) is 0 Å². The first-order chi connectivity index (χ1) is 15.8. The number of aromatic nitrogens is 2. The minimum atomic E-state index is -0.265. The first-order valence-corrected chi connectivity index (χ1v) is 11.0. The first-order valence-electron chi connectivity index (χ1n) is 11.0. The average Bonchev–Trinajstić information content (AvgIpc) is 2.82. The fraction of sp³-hybridized carbons (Fsp3) is 0.400. The van der Waals surface area contributed by atoms with Crippen LogP contribution in [0.2, 0.25) is 0 Å². The highest BCUT2D eigenvalue weighted by atomic mass is 19.1. The minimum Gasteiger partial charge on any atom is -0.375 e. The molecule has 2 aromatic heterocycles. The van der Waals surface area contributed by atoms with Gasteiger partial charge in [0.15, 0.2) is 0 Å².